The highest BCUT2D eigenvalue weighted by atomic mass is 19.1. The number of hydrogen-bond acceptors (Lipinski definition) is 4. The molecular weight excluding hydrogens is 321 g/mol. The van der Waals surface area contributed by atoms with Crippen LogP contribution < -0.4 is 5.32 Å². The summed E-state index contributed by atoms with van der Waals surface area (Å²) in [7, 11) is 0. The maximum atomic E-state index is 13.9. The number of nitrogens with one attached hydrogen (secondary N) is 1. The minimum Gasteiger partial charge on any atom is -0.350 e. The Kier molecular flexibility index (Phi) is 4.25. The van der Waals surface area contributed by atoms with E-state index in [4.69, 9.17) is 0 Å². The first-order valence-electron chi connectivity index (χ1n) is 8.81. The van der Waals surface area contributed by atoms with Gasteiger partial charge in [-0.05, 0) is 24.8 Å². The number of fused-ring (bicyclic) bond motifs is 2. The van der Waals surface area contributed by atoms with Gasteiger partial charge in [0.15, 0.2) is 0 Å². The standard InChI is InChI=1S/C18H22FN5O/c1-2-20-18(25)17-22-21-16-7-13-9-23(10-14(13)11-24(16)17)8-12-5-3-4-6-15(12)19/h3-6,13-14H,2,7-11H2,1H3,(H,20,25)/t13-,14+/m1/s1. The number of nitrogens with zero attached hydrogens (tertiary/aromatic N) is 4. The summed E-state index contributed by atoms with van der Waals surface area (Å²) >= 11 is 0. The van der Waals surface area contributed by atoms with Crippen LogP contribution in [0, 0.1) is 17.7 Å². The first-order valence-corrected chi connectivity index (χ1v) is 8.81. The molecule has 1 fully saturated rings. The lowest BCUT2D eigenvalue weighted by Crippen LogP contribution is -2.33. The lowest BCUT2D eigenvalue weighted by atomic mass is 9.89. The molecule has 0 saturated carbocycles. The predicted molar refractivity (Wildman–Crippen MR) is 90.4 cm³/mol. The maximum absolute atomic E-state index is 13.9. The molecule has 2 atom stereocenters. The molecule has 0 unspecified atom stereocenters. The van der Waals surface area contributed by atoms with E-state index in [1.54, 1.807) is 6.07 Å². The number of carbonyl (C=O) groups excluding carboxylic acids is 1. The summed E-state index contributed by atoms with van der Waals surface area (Å²) < 4.78 is 15.9. The van der Waals surface area contributed by atoms with Crippen molar-refractivity contribution in [3.05, 3.63) is 47.3 Å². The van der Waals surface area contributed by atoms with E-state index in [2.05, 4.69) is 20.4 Å². The van der Waals surface area contributed by atoms with Gasteiger partial charge in [-0.25, -0.2) is 4.39 Å². The molecule has 3 heterocycles. The Balaban J connectivity index is 1.47. The average molecular weight is 343 g/mol. The summed E-state index contributed by atoms with van der Waals surface area (Å²) in [6.07, 6.45) is 0.824. The van der Waals surface area contributed by atoms with Gasteiger partial charge in [0.1, 0.15) is 11.6 Å². The van der Waals surface area contributed by atoms with Gasteiger partial charge in [-0.1, -0.05) is 18.2 Å². The number of benzene rings is 1. The van der Waals surface area contributed by atoms with E-state index in [1.807, 2.05) is 23.6 Å². The molecular formula is C18H22FN5O. The molecule has 2 aliphatic rings. The van der Waals surface area contributed by atoms with Gasteiger partial charge in [0, 0.05) is 44.7 Å². The molecule has 1 aromatic carbocycles. The van der Waals surface area contributed by atoms with E-state index in [-0.39, 0.29) is 11.7 Å². The van der Waals surface area contributed by atoms with Crippen molar-refractivity contribution in [1.29, 1.82) is 0 Å². The molecule has 1 N–H and O–H groups in total. The second-order valence-corrected chi connectivity index (χ2v) is 6.92. The van der Waals surface area contributed by atoms with Crippen molar-refractivity contribution in [3.8, 4) is 0 Å². The zero-order valence-electron chi connectivity index (χ0n) is 14.3. The molecule has 2 aromatic rings. The van der Waals surface area contributed by atoms with Crippen molar-refractivity contribution >= 4 is 5.91 Å². The largest absolute Gasteiger partial charge is 0.350 e. The molecule has 0 aliphatic carbocycles. The van der Waals surface area contributed by atoms with Crippen molar-refractivity contribution in [2.24, 2.45) is 11.8 Å². The topological polar surface area (TPSA) is 63.1 Å². The van der Waals surface area contributed by atoms with Gasteiger partial charge in [-0.2, -0.15) is 0 Å². The smallest absolute Gasteiger partial charge is 0.289 e. The Hall–Kier alpha value is -2.28. The summed E-state index contributed by atoms with van der Waals surface area (Å²) in [5.74, 6) is 1.92. The van der Waals surface area contributed by atoms with Gasteiger partial charge in [0.05, 0.1) is 0 Å². The highest BCUT2D eigenvalue weighted by molar-refractivity contribution is 5.90. The van der Waals surface area contributed by atoms with Crippen LogP contribution in [0.1, 0.15) is 28.9 Å². The molecule has 0 bridgehead atoms. The van der Waals surface area contributed by atoms with Gasteiger partial charge >= 0.3 is 0 Å². The molecule has 6 nitrogen and oxygen atoms in total. The molecule has 0 radical (unpaired) electrons. The summed E-state index contributed by atoms with van der Waals surface area (Å²) in [6, 6.07) is 6.96. The zero-order valence-corrected chi connectivity index (χ0v) is 14.3. The quantitative estimate of drug-likeness (QED) is 0.913. The van der Waals surface area contributed by atoms with Crippen LogP contribution in [0.15, 0.2) is 24.3 Å². The maximum Gasteiger partial charge on any atom is 0.289 e. The van der Waals surface area contributed by atoms with Crippen LogP contribution in [0.25, 0.3) is 0 Å². The van der Waals surface area contributed by atoms with Crippen LogP contribution in [-0.2, 0) is 19.5 Å². The molecule has 2 aliphatic heterocycles. The molecule has 4 rings (SSSR count). The first kappa shape index (κ1) is 16.2. The van der Waals surface area contributed by atoms with Crippen LogP contribution in [0.2, 0.25) is 0 Å². The normalized spacial score (nSPS) is 22.5. The molecule has 25 heavy (non-hydrogen) atoms. The third kappa shape index (κ3) is 3.04. The van der Waals surface area contributed by atoms with Gasteiger partial charge in [-0.15, -0.1) is 10.2 Å². The van der Waals surface area contributed by atoms with Crippen LogP contribution in [-0.4, -0.2) is 45.2 Å². The van der Waals surface area contributed by atoms with Crippen molar-refractivity contribution in [2.45, 2.75) is 26.4 Å². The number of rotatable bonds is 4. The average Bonchev–Trinajstić information content (AvgIpc) is 3.17. The fourth-order valence-corrected chi connectivity index (χ4v) is 4.03. The zero-order chi connectivity index (χ0) is 17.4. The Morgan fingerprint density at radius 2 is 2.04 bits per heavy atom. The summed E-state index contributed by atoms with van der Waals surface area (Å²) in [4.78, 5) is 14.4. The lowest BCUT2D eigenvalue weighted by Gasteiger charge is -2.25. The van der Waals surface area contributed by atoms with Crippen LogP contribution in [0.5, 0.6) is 0 Å². The highest BCUT2D eigenvalue weighted by Gasteiger charge is 2.39. The Morgan fingerprint density at radius 1 is 1.24 bits per heavy atom. The van der Waals surface area contributed by atoms with Crippen molar-refractivity contribution in [2.75, 3.05) is 19.6 Å². The van der Waals surface area contributed by atoms with Gasteiger partial charge in [0.25, 0.3) is 5.91 Å². The van der Waals surface area contributed by atoms with E-state index in [0.29, 0.717) is 30.7 Å². The van der Waals surface area contributed by atoms with Crippen LogP contribution in [0.3, 0.4) is 0 Å². The monoisotopic (exact) mass is 343 g/mol. The molecule has 1 amide bonds. The number of likely N-dealkylation sites (tertiary alicyclic amines) is 1. The summed E-state index contributed by atoms with van der Waals surface area (Å²) in [5, 5.41) is 11.1. The third-order valence-electron chi connectivity index (χ3n) is 5.23. The molecule has 7 heteroatoms. The van der Waals surface area contributed by atoms with Crippen molar-refractivity contribution < 1.29 is 9.18 Å². The van der Waals surface area contributed by atoms with E-state index in [9.17, 15) is 9.18 Å². The molecule has 1 aromatic heterocycles. The Labute approximate surface area is 146 Å². The predicted octanol–water partition coefficient (Wildman–Crippen LogP) is 1.47. The number of carbonyl (C=O) groups is 1. The number of halogens is 1. The van der Waals surface area contributed by atoms with Gasteiger partial charge in [-0.3, -0.25) is 9.69 Å². The van der Waals surface area contributed by atoms with E-state index in [0.717, 1.165) is 37.4 Å². The molecule has 132 valence electrons. The highest BCUT2D eigenvalue weighted by Crippen LogP contribution is 2.33. The summed E-state index contributed by atoms with van der Waals surface area (Å²) in [5.41, 5.74) is 0.739. The Bertz CT molecular complexity index is 790. The second-order valence-electron chi connectivity index (χ2n) is 6.92. The first-order chi connectivity index (χ1) is 12.2. The van der Waals surface area contributed by atoms with E-state index >= 15 is 0 Å². The van der Waals surface area contributed by atoms with Crippen molar-refractivity contribution in [1.82, 2.24) is 25.0 Å². The van der Waals surface area contributed by atoms with Gasteiger partial charge in [0.2, 0.25) is 5.82 Å². The fourth-order valence-electron chi connectivity index (χ4n) is 4.03. The van der Waals surface area contributed by atoms with Gasteiger partial charge < -0.3 is 9.88 Å². The molecule has 1 saturated heterocycles. The van der Waals surface area contributed by atoms with Crippen molar-refractivity contribution in [3.63, 3.8) is 0 Å². The van der Waals surface area contributed by atoms with E-state index < -0.39 is 0 Å². The number of amides is 1. The number of aromatic nitrogens is 3. The minimum absolute atomic E-state index is 0.145. The van der Waals surface area contributed by atoms with Crippen LogP contribution in [0.4, 0.5) is 4.39 Å². The lowest BCUT2D eigenvalue weighted by molar-refractivity contribution is 0.0937. The third-order valence-corrected chi connectivity index (χ3v) is 5.23. The second kappa shape index (κ2) is 6.55. The Morgan fingerprint density at radius 3 is 2.84 bits per heavy atom. The minimum atomic E-state index is -0.166. The van der Waals surface area contributed by atoms with Crippen LogP contribution >= 0.6 is 0 Å². The van der Waals surface area contributed by atoms with E-state index in [1.165, 1.54) is 6.07 Å². The number of hydrogen-bond donors (Lipinski definition) is 1. The fraction of sp³-hybridized carbons (Fsp3) is 0.500. The molecule has 0 spiro atoms. The SMILES string of the molecule is CCNC(=O)c1nnc2n1C[C@@H]1CN(Cc3ccccc3F)C[C@H]1C2. The summed E-state index contributed by atoms with van der Waals surface area (Å²) in [6.45, 7) is 5.69.